The van der Waals surface area contributed by atoms with Crippen LogP contribution in [0.5, 0.6) is 0 Å². The Bertz CT molecular complexity index is 1770. The number of nitrogens with one attached hydrogen (secondary N) is 2. The first-order valence-electron chi connectivity index (χ1n) is 16.4. The normalized spacial score (nSPS) is 19.0. The zero-order valence-corrected chi connectivity index (χ0v) is 27.3. The van der Waals surface area contributed by atoms with E-state index in [1.165, 1.54) is 0 Å². The molecule has 0 spiro atoms. The molecule has 48 heavy (non-hydrogen) atoms. The summed E-state index contributed by atoms with van der Waals surface area (Å²) in [4.78, 5) is 59.6. The van der Waals surface area contributed by atoms with Crippen LogP contribution in [0.15, 0.2) is 75.8 Å². The SMILES string of the molecule is CC1=NCC(CC(=O)N2CCC[C@H]2C(=O)Nc2ccc(/C=C/c3ccc(NC(=O)[C@@H]4CCCN4C(=O)Cc4cc(C)no4)cc3)cc2)=C1. The molecule has 0 bridgehead atoms. The average Bonchev–Trinajstić information content (AvgIpc) is 3.90. The van der Waals surface area contributed by atoms with Gasteiger partial charge in [-0.15, -0.1) is 0 Å². The molecule has 3 aromatic rings. The highest BCUT2D eigenvalue weighted by Gasteiger charge is 2.35. The molecule has 1 aromatic heterocycles. The second-order valence-electron chi connectivity index (χ2n) is 12.6. The number of rotatable bonds is 10. The number of anilines is 2. The van der Waals surface area contributed by atoms with Crippen LogP contribution in [0.25, 0.3) is 12.2 Å². The van der Waals surface area contributed by atoms with Gasteiger partial charge in [-0.1, -0.05) is 41.6 Å². The largest absolute Gasteiger partial charge is 0.361 e. The van der Waals surface area contributed by atoms with Gasteiger partial charge in [-0.2, -0.15) is 0 Å². The summed E-state index contributed by atoms with van der Waals surface area (Å²) in [7, 11) is 0. The summed E-state index contributed by atoms with van der Waals surface area (Å²) >= 11 is 0. The number of aliphatic imine (C=N–C) groups is 1. The van der Waals surface area contributed by atoms with Crippen molar-refractivity contribution in [2.24, 2.45) is 4.99 Å². The van der Waals surface area contributed by atoms with Gasteiger partial charge in [-0.05, 0) is 86.6 Å². The molecule has 11 nitrogen and oxygen atoms in total. The fourth-order valence-corrected chi connectivity index (χ4v) is 6.44. The number of hydrogen-bond donors (Lipinski definition) is 2. The second kappa shape index (κ2) is 14.6. The third-order valence-corrected chi connectivity index (χ3v) is 8.90. The lowest BCUT2D eigenvalue weighted by molar-refractivity contribution is -0.136. The molecule has 2 N–H and O–H groups in total. The lowest BCUT2D eigenvalue weighted by Gasteiger charge is -2.24. The van der Waals surface area contributed by atoms with E-state index in [0.717, 1.165) is 35.3 Å². The smallest absolute Gasteiger partial charge is 0.247 e. The second-order valence-corrected chi connectivity index (χ2v) is 12.6. The van der Waals surface area contributed by atoms with Crippen LogP contribution >= 0.6 is 0 Å². The predicted octanol–water partition coefficient (Wildman–Crippen LogP) is 5.05. The number of benzene rings is 2. The van der Waals surface area contributed by atoms with Crippen molar-refractivity contribution in [1.29, 1.82) is 0 Å². The number of hydrogen-bond acceptors (Lipinski definition) is 7. The number of nitrogens with zero attached hydrogens (tertiary/aromatic N) is 4. The predicted molar refractivity (Wildman–Crippen MR) is 184 cm³/mol. The Morgan fingerprint density at radius 2 is 1.31 bits per heavy atom. The minimum absolute atomic E-state index is 0.0261. The van der Waals surface area contributed by atoms with Crippen molar-refractivity contribution in [3.05, 3.63) is 88.8 Å². The van der Waals surface area contributed by atoms with Crippen LogP contribution in [0.4, 0.5) is 11.4 Å². The topological polar surface area (TPSA) is 137 Å². The van der Waals surface area contributed by atoms with E-state index in [-0.39, 0.29) is 30.0 Å². The molecular formula is C37H40N6O5. The molecule has 4 heterocycles. The van der Waals surface area contributed by atoms with Crippen molar-refractivity contribution in [2.45, 2.75) is 64.5 Å². The summed E-state index contributed by atoms with van der Waals surface area (Å²) < 4.78 is 5.18. The number of carbonyl (C=O) groups excluding carboxylic acids is 4. The van der Waals surface area contributed by atoms with Crippen LogP contribution < -0.4 is 10.6 Å². The Morgan fingerprint density at radius 1 is 0.792 bits per heavy atom. The number of likely N-dealkylation sites (tertiary alicyclic amines) is 2. The molecule has 4 amide bonds. The molecule has 248 valence electrons. The molecule has 0 saturated carbocycles. The molecule has 0 radical (unpaired) electrons. The fraction of sp³-hybridized carbons (Fsp3) is 0.351. The first-order chi connectivity index (χ1) is 23.2. The zero-order chi connectivity index (χ0) is 33.6. The third kappa shape index (κ3) is 7.96. The summed E-state index contributed by atoms with van der Waals surface area (Å²) in [5, 5.41) is 9.76. The van der Waals surface area contributed by atoms with E-state index >= 15 is 0 Å². The van der Waals surface area contributed by atoms with Gasteiger partial charge in [0.25, 0.3) is 0 Å². The molecule has 11 heteroatoms. The van der Waals surface area contributed by atoms with E-state index in [4.69, 9.17) is 4.52 Å². The molecule has 0 aliphatic carbocycles. The van der Waals surface area contributed by atoms with Gasteiger partial charge < -0.3 is 25.0 Å². The van der Waals surface area contributed by atoms with Crippen molar-refractivity contribution in [3.63, 3.8) is 0 Å². The summed E-state index contributed by atoms with van der Waals surface area (Å²) in [6.45, 7) is 5.41. The number of amides is 4. The molecule has 0 unspecified atom stereocenters. The van der Waals surface area contributed by atoms with Crippen molar-refractivity contribution >= 4 is 52.9 Å². The van der Waals surface area contributed by atoms with Crippen molar-refractivity contribution in [2.75, 3.05) is 30.3 Å². The summed E-state index contributed by atoms with van der Waals surface area (Å²) in [6.07, 6.45) is 9.12. The highest BCUT2D eigenvalue weighted by atomic mass is 16.5. The van der Waals surface area contributed by atoms with Crippen LogP contribution in [-0.4, -0.2) is 76.0 Å². The molecule has 2 saturated heterocycles. The van der Waals surface area contributed by atoms with Crippen LogP contribution in [0.1, 0.15) is 61.6 Å². The van der Waals surface area contributed by atoms with Crippen LogP contribution in [0.3, 0.4) is 0 Å². The third-order valence-electron chi connectivity index (χ3n) is 8.90. The maximum atomic E-state index is 13.1. The van der Waals surface area contributed by atoms with Crippen LogP contribution in [0.2, 0.25) is 0 Å². The number of allylic oxidation sites excluding steroid dienone is 1. The van der Waals surface area contributed by atoms with Crippen molar-refractivity contribution in [3.8, 4) is 0 Å². The van der Waals surface area contributed by atoms with E-state index in [2.05, 4.69) is 20.8 Å². The van der Waals surface area contributed by atoms with Gasteiger partial charge in [0.1, 0.15) is 17.8 Å². The summed E-state index contributed by atoms with van der Waals surface area (Å²) in [6, 6.07) is 15.8. The van der Waals surface area contributed by atoms with Gasteiger partial charge in [0.15, 0.2) is 0 Å². The monoisotopic (exact) mass is 648 g/mol. The Hall–Kier alpha value is -5.32. The molecule has 3 aliphatic rings. The molecule has 2 fully saturated rings. The molecule has 2 atom stereocenters. The Balaban J connectivity index is 0.980. The lowest BCUT2D eigenvalue weighted by atomic mass is 10.1. The van der Waals surface area contributed by atoms with Crippen molar-refractivity contribution < 1.29 is 23.7 Å². The standard InChI is InChI=1S/C37H40N6O5/c1-24-19-28(23-38-24)21-34(44)42-17-3-5-32(42)36(46)39-29-13-9-26(10-14-29)7-8-27-11-15-30(16-12-27)40-37(47)33-6-4-18-43(33)35(45)22-31-20-25(2)41-48-31/h7-16,19-20,32-33H,3-6,17-18,21-23H2,1-2H3,(H,39,46)(H,40,47)/b8-7+/t32-,33-/m0/s1. The summed E-state index contributed by atoms with van der Waals surface area (Å²) in [5.41, 5.74) is 5.88. The van der Waals surface area contributed by atoms with Gasteiger partial charge in [-0.25, -0.2) is 0 Å². The summed E-state index contributed by atoms with van der Waals surface area (Å²) in [5.74, 6) is -0.0514. The van der Waals surface area contributed by atoms with Gasteiger partial charge in [0.05, 0.1) is 18.7 Å². The van der Waals surface area contributed by atoms with Crippen LogP contribution in [0, 0.1) is 6.92 Å². The Kier molecular flexibility index (Phi) is 9.94. The highest BCUT2D eigenvalue weighted by molar-refractivity contribution is 6.00. The first-order valence-corrected chi connectivity index (χ1v) is 16.4. The zero-order valence-electron chi connectivity index (χ0n) is 27.3. The van der Waals surface area contributed by atoms with E-state index < -0.39 is 12.1 Å². The first kappa shape index (κ1) is 32.6. The van der Waals surface area contributed by atoms with Gasteiger partial charge >= 0.3 is 0 Å². The number of carbonyl (C=O) groups is 4. The molecule has 3 aliphatic heterocycles. The molecule has 2 aromatic carbocycles. The lowest BCUT2D eigenvalue weighted by Crippen LogP contribution is -2.43. The van der Waals surface area contributed by atoms with Gasteiger partial charge in [0.2, 0.25) is 23.6 Å². The van der Waals surface area contributed by atoms with E-state index in [1.807, 2.05) is 73.7 Å². The average molecular weight is 649 g/mol. The highest BCUT2D eigenvalue weighted by Crippen LogP contribution is 2.24. The molecular weight excluding hydrogens is 608 g/mol. The van der Waals surface area contributed by atoms with Crippen molar-refractivity contribution in [1.82, 2.24) is 15.0 Å². The fourth-order valence-electron chi connectivity index (χ4n) is 6.44. The maximum absolute atomic E-state index is 13.1. The van der Waals surface area contributed by atoms with E-state index in [9.17, 15) is 19.2 Å². The maximum Gasteiger partial charge on any atom is 0.247 e. The Labute approximate surface area is 279 Å². The van der Waals surface area contributed by atoms with Crippen LogP contribution in [-0.2, 0) is 25.6 Å². The number of aromatic nitrogens is 1. The Morgan fingerprint density at radius 3 is 1.77 bits per heavy atom. The number of aryl methyl sites for hydroxylation is 1. The minimum atomic E-state index is -0.521. The minimum Gasteiger partial charge on any atom is -0.361 e. The van der Waals surface area contributed by atoms with Gasteiger partial charge in [-0.3, -0.25) is 24.2 Å². The van der Waals surface area contributed by atoms with E-state index in [1.54, 1.807) is 22.8 Å². The van der Waals surface area contributed by atoms with E-state index in [0.29, 0.717) is 61.7 Å². The quantitative estimate of drug-likeness (QED) is 0.296. The molecule has 6 rings (SSSR count). The van der Waals surface area contributed by atoms with Gasteiger partial charge in [0, 0.05) is 42.7 Å².